The highest BCUT2D eigenvalue weighted by Crippen LogP contribution is 2.34. The predicted molar refractivity (Wildman–Crippen MR) is 101 cm³/mol. The van der Waals surface area contributed by atoms with Crippen LogP contribution in [-0.2, 0) is 4.79 Å². The van der Waals surface area contributed by atoms with Crippen LogP contribution in [-0.4, -0.2) is 16.2 Å². The smallest absolute Gasteiger partial charge is 0.243 e. The van der Waals surface area contributed by atoms with Gasteiger partial charge in [-0.25, -0.2) is 5.48 Å². The van der Waals surface area contributed by atoms with Crippen LogP contribution in [0.25, 0.3) is 20.5 Å². The van der Waals surface area contributed by atoms with Crippen molar-refractivity contribution in [3.63, 3.8) is 0 Å². The molecule has 1 heterocycles. The number of aliphatic hydroxyl groups excluding tert-OH is 1. The monoisotopic (exact) mass is 355 g/mol. The van der Waals surface area contributed by atoms with Gasteiger partial charge in [-0.3, -0.25) is 10.0 Å². The molecule has 0 aliphatic heterocycles. The second-order valence-electron chi connectivity index (χ2n) is 6.07. The first-order valence-corrected chi connectivity index (χ1v) is 9.19. The molecule has 1 amide bonds. The Labute approximate surface area is 150 Å². The number of thiophene rings is 1. The molecule has 4 nitrogen and oxygen atoms in total. The number of hydroxylamine groups is 1. The Hall–Kier alpha value is -2.21. The molecule has 0 saturated carbocycles. The van der Waals surface area contributed by atoms with Crippen molar-refractivity contribution in [2.75, 3.05) is 0 Å². The predicted octanol–water partition coefficient (Wildman–Crippen LogP) is 4.67. The number of nitrogens with one attached hydrogen (secondary N) is 1. The third-order valence-electron chi connectivity index (χ3n) is 4.26. The number of unbranched alkanes of at least 4 members (excludes halogenated alkanes) is 1. The van der Waals surface area contributed by atoms with Crippen LogP contribution >= 0.6 is 11.3 Å². The van der Waals surface area contributed by atoms with Crippen molar-refractivity contribution in [1.29, 1.82) is 0 Å². The molecule has 3 aromatic rings. The van der Waals surface area contributed by atoms with E-state index in [1.165, 1.54) is 15.0 Å². The Bertz CT molecular complexity index is 809. The SMILES string of the molecule is O=C(CCCC[C@@H](O)c1ccc(-c2cc3ccccc3s2)cc1)NO. The minimum Gasteiger partial charge on any atom is -0.388 e. The minimum atomic E-state index is -0.534. The lowest BCUT2D eigenvalue weighted by Gasteiger charge is -2.11. The van der Waals surface area contributed by atoms with Crippen molar-refractivity contribution >= 4 is 27.3 Å². The largest absolute Gasteiger partial charge is 0.388 e. The van der Waals surface area contributed by atoms with Crippen molar-refractivity contribution < 1.29 is 15.1 Å². The topological polar surface area (TPSA) is 69.6 Å². The Kier molecular flexibility index (Phi) is 5.81. The Morgan fingerprint density at radius 1 is 1.08 bits per heavy atom. The summed E-state index contributed by atoms with van der Waals surface area (Å²) in [6.07, 6.45) is 1.71. The molecule has 0 unspecified atom stereocenters. The van der Waals surface area contributed by atoms with E-state index in [-0.39, 0.29) is 12.3 Å². The van der Waals surface area contributed by atoms with Gasteiger partial charge < -0.3 is 5.11 Å². The lowest BCUT2D eigenvalue weighted by Crippen LogP contribution is -2.17. The Morgan fingerprint density at radius 2 is 1.84 bits per heavy atom. The number of amides is 1. The molecule has 2 aromatic carbocycles. The standard InChI is InChI=1S/C20H21NO3S/c22-17(6-2-4-8-20(23)21-24)14-9-11-15(12-10-14)19-13-16-5-1-3-7-18(16)25-19/h1,3,5,7,9-13,17,22,24H,2,4,6,8H2,(H,21,23)/t17-/m1/s1. The van der Waals surface area contributed by atoms with E-state index in [2.05, 4.69) is 18.2 Å². The molecule has 5 heteroatoms. The summed E-state index contributed by atoms with van der Waals surface area (Å²) in [6.45, 7) is 0. The summed E-state index contributed by atoms with van der Waals surface area (Å²) in [5, 5.41) is 20.0. The highest BCUT2D eigenvalue weighted by Gasteiger charge is 2.09. The number of hydrogen-bond donors (Lipinski definition) is 3. The van der Waals surface area contributed by atoms with Crippen molar-refractivity contribution in [2.45, 2.75) is 31.8 Å². The summed E-state index contributed by atoms with van der Waals surface area (Å²) in [5.41, 5.74) is 3.65. The first-order chi connectivity index (χ1) is 12.2. The van der Waals surface area contributed by atoms with Crippen LogP contribution in [0.5, 0.6) is 0 Å². The van der Waals surface area contributed by atoms with Gasteiger partial charge >= 0.3 is 0 Å². The van der Waals surface area contributed by atoms with Crippen LogP contribution < -0.4 is 5.48 Å². The number of benzene rings is 2. The maximum absolute atomic E-state index is 10.9. The average molecular weight is 355 g/mol. The summed E-state index contributed by atoms with van der Waals surface area (Å²) in [7, 11) is 0. The zero-order chi connectivity index (χ0) is 17.6. The van der Waals surface area contributed by atoms with E-state index in [0.29, 0.717) is 12.8 Å². The van der Waals surface area contributed by atoms with Crippen molar-refractivity contribution in [3.05, 3.63) is 60.2 Å². The van der Waals surface area contributed by atoms with Crippen LogP contribution in [0.4, 0.5) is 0 Å². The lowest BCUT2D eigenvalue weighted by molar-refractivity contribution is -0.129. The molecule has 3 rings (SSSR count). The van der Waals surface area contributed by atoms with Gasteiger partial charge in [-0.05, 0) is 41.5 Å². The fraction of sp³-hybridized carbons (Fsp3) is 0.250. The molecular formula is C20H21NO3S. The summed E-state index contributed by atoms with van der Waals surface area (Å²) >= 11 is 1.77. The zero-order valence-electron chi connectivity index (χ0n) is 13.8. The second kappa shape index (κ2) is 8.25. The molecule has 0 fully saturated rings. The van der Waals surface area contributed by atoms with Crippen LogP contribution in [0.15, 0.2) is 54.6 Å². The van der Waals surface area contributed by atoms with Gasteiger partial charge in [0.05, 0.1) is 6.10 Å². The molecule has 1 aromatic heterocycles. The third kappa shape index (κ3) is 4.45. The second-order valence-corrected chi connectivity index (χ2v) is 7.15. The van der Waals surface area contributed by atoms with E-state index in [4.69, 9.17) is 5.21 Å². The van der Waals surface area contributed by atoms with E-state index in [1.54, 1.807) is 16.8 Å². The van der Waals surface area contributed by atoms with Crippen molar-refractivity contribution in [2.24, 2.45) is 0 Å². The van der Waals surface area contributed by atoms with Crippen LogP contribution in [0.1, 0.15) is 37.4 Å². The van der Waals surface area contributed by atoms with E-state index in [0.717, 1.165) is 17.5 Å². The van der Waals surface area contributed by atoms with E-state index in [1.807, 2.05) is 36.4 Å². The highest BCUT2D eigenvalue weighted by atomic mass is 32.1. The van der Waals surface area contributed by atoms with Gasteiger partial charge in [0.2, 0.25) is 5.91 Å². The summed E-state index contributed by atoms with van der Waals surface area (Å²) in [4.78, 5) is 12.2. The zero-order valence-corrected chi connectivity index (χ0v) is 14.6. The van der Waals surface area contributed by atoms with E-state index in [9.17, 15) is 9.90 Å². The lowest BCUT2D eigenvalue weighted by atomic mass is 10.0. The molecular weight excluding hydrogens is 334 g/mol. The van der Waals surface area contributed by atoms with Crippen molar-refractivity contribution in [1.82, 2.24) is 5.48 Å². The fourth-order valence-electron chi connectivity index (χ4n) is 2.84. The average Bonchev–Trinajstić information content (AvgIpc) is 3.09. The molecule has 0 saturated heterocycles. The fourth-order valence-corrected chi connectivity index (χ4v) is 3.91. The highest BCUT2D eigenvalue weighted by molar-refractivity contribution is 7.22. The summed E-state index contributed by atoms with van der Waals surface area (Å²) in [6, 6.07) is 18.5. The van der Waals surface area contributed by atoms with Gasteiger partial charge in [-0.15, -0.1) is 11.3 Å². The first kappa shape index (κ1) is 17.6. The summed E-state index contributed by atoms with van der Waals surface area (Å²) < 4.78 is 1.27. The molecule has 0 aliphatic carbocycles. The maximum Gasteiger partial charge on any atom is 0.243 e. The molecule has 0 spiro atoms. The molecule has 0 aliphatic rings. The number of carbonyl (C=O) groups is 1. The van der Waals surface area contributed by atoms with Gasteiger partial charge in [0, 0.05) is 16.0 Å². The third-order valence-corrected chi connectivity index (χ3v) is 5.43. The maximum atomic E-state index is 10.9. The van der Waals surface area contributed by atoms with Crippen LogP contribution in [0.3, 0.4) is 0 Å². The van der Waals surface area contributed by atoms with Gasteiger partial charge in [0.1, 0.15) is 0 Å². The van der Waals surface area contributed by atoms with E-state index >= 15 is 0 Å². The first-order valence-electron chi connectivity index (χ1n) is 8.37. The quantitative estimate of drug-likeness (QED) is 0.328. The Morgan fingerprint density at radius 3 is 2.56 bits per heavy atom. The number of rotatable bonds is 7. The number of aliphatic hydroxyl groups is 1. The van der Waals surface area contributed by atoms with Gasteiger partial charge in [0.25, 0.3) is 0 Å². The van der Waals surface area contributed by atoms with Gasteiger partial charge in [0.15, 0.2) is 0 Å². The molecule has 25 heavy (non-hydrogen) atoms. The number of hydrogen-bond acceptors (Lipinski definition) is 4. The van der Waals surface area contributed by atoms with Crippen LogP contribution in [0, 0.1) is 0 Å². The van der Waals surface area contributed by atoms with Gasteiger partial charge in [-0.1, -0.05) is 48.9 Å². The Balaban J connectivity index is 1.60. The number of fused-ring (bicyclic) bond motifs is 1. The summed E-state index contributed by atoms with van der Waals surface area (Å²) in [5.74, 6) is -0.387. The normalized spacial score (nSPS) is 12.2. The molecule has 0 radical (unpaired) electrons. The van der Waals surface area contributed by atoms with Crippen molar-refractivity contribution in [3.8, 4) is 10.4 Å². The molecule has 3 N–H and O–H groups in total. The molecule has 130 valence electrons. The van der Waals surface area contributed by atoms with Gasteiger partial charge in [-0.2, -0.15) is 0 Å². The molecule has 0 bridgehead atoms. The minimum absolute atomic E-state index is 0.272. The van der Waals surface area contributed by atoms with Crippen LogP contribution in [0.2, 0.25) is 0 Å². The molecule has 1 atom stereocenters. The van der Waals surface area contributed by atoms with E-state index < -0.39 is 6.10 Å². The number of carbonyl (C=O) groups excluding carboxylic acids is 1.